The molecule has 0 saturated heterocycles. The summed E-state index contributed by atoms with van der Waals surface area (Å²) in [6.07, 6.45) is 0.998. The Hall–Kier alpha value is -2.60. The van der Waals surface area contributed by atoms with Gasteiger partial charge >= 0.3 is 0 Å². The van der Waals surface area contributed by atoms with Gasteiger partial charge in [0.1, 0.15) is 5.75 Å². The molecule has 0 aliphatic carbocycles. The number of para-hydroxylation sites is 1. The average Bonchev–Trinajstić information content (AvgIpc) is 2.61. The number of nitrogens with one attached hydrogen (secondary N) is 3. The second-order valence-electron chi connectivity index (χ2n) is 5.95. The molecule has 1 amide bonds. The molecule has 0 fully saturated rings. The number of ether oxygens (including phenoxy) is 1. The van der Waals surface area contributed by atoms with Crippen molar-refractivity contribution in [3.8, 4) is 5.75 Å². The van der Waals surface area contributed by atoms with Crippen molar-refractivity contribution in [1.29, 1.82) is 0 Å². The molecular weight excluding hydrogens is 334 g/mol. The molecule has 0 bridgehead atoms. The van der Waals surface area contributed by atoms with Crippen LogP contribution in [0.5, 0.6) is 5.75 Å². The summed E-state index contributed by atoms with van der Waals surface area (Å²) in [7, 11) is 0. The molecule has 132 valence electrons. The van der Waals surface area contributed by atoms with Gasteiger partial charge in [0.2, 0.25) is 0 Å². The highest BCUT2D eigenvalue weighted by Crippen LogP contribution is 2.13. The Morgan fingerprint density at radius 3 is 2.36 bits per heavy atom. The van der Waals surface area contributed by atoms with Crippen LogP contribution in [0.1, 0.15) is 30.6 Å². The molecule has 2 aromatic rings. The number of hydrazine groups is 1. The number of amides is 1. The van der Waals surface area contributed by atoms with Crippen LogP contribution in [0.3, 0.4) is 0 Å². The monoisotopic (exact) mass is 357 g/mol. The summed E-state index contributed by atoms with van der Waals surface area (Å²) >= 11 is 5.14. The maximum Gasteiger partial charge on any atom is 0.269 e. The summed E-state index contributed by atoms with van der Waals surface area (Å²) in [5.41, 5.74) is 6.61. The molecule has 2 aromatic carbocycles. The first-order valence-electron chi connectivity index (χ1n) is 8.20. The maximum atomic E-state index is 12.1. The van der Waals surface area contributed by atoms with Crippen molar-refractivity contribution >= 4 is 28.9 Å². The molecule has 0 aromatic heterocycles. The fourth-order valence-corrected chi connectivity index (χ4v) is 2.15. The Bertz CT molecular complexity index is 688. The van der Waals surface area contributed by atoms with Gasteiger partial charge < -0.3 is 10.1 Å². The Morgan fingerprint density at radius 1 is 1.04 bits per heavy atom. The first-order chi connectivity index (χ1) is 12.0. The van der Waals surface area contributed by atoms with E-state index in [-0.39, 0.29) is 5.91 Å². The molecule has 0 spiro atoms. The standard InChI is InChI=1S/C19H23N3O2S/c1-14(2)12-13-24-17-10-8-15(9-11-17)18(23)21-22-19(25)20-16-6-4-3-5-7-16/h3-11,14H,12-13H2,1-2H3,(H,21,23)(H2,20,22,25). The quantitative estimate of drug-likeness (QED) is 0.543. The van der Waals surface area contributed by atoms with Crippen LogP contribution in [0.2, 0.25) is 0 Å². The van der Waals surface area contributed by atoms with E-state index in [4.69, 9.17) is 17.0 Å². The summed E-state index contributed by atoms with van der Waals surface area (Å²) in [5.74, 6) is 1.09. The van der Waals surface area contributed by atoms with Crippen LogP contribution in [0, 0.1) is 5.92 Å². The molecule has 5 nitrogen and oxygen atoms in total. The first kappa shape index (κ1) is 18.7. The highest BCUT2D eigenvalue weighted by Gasteiger charge is 2.06. The Kier molecular flexibility index (Phi) is 7.22. The highest BCUT2D eigenvalue weighted by atomic mass is 32.1. The lowest BCUT2D eigenvalue weighted by Crippen LogP contribution is -2.43. The van der Waals surface area contributed by atoms with Gasteiger partial charge in [-0.2, -0.15) is 0 Å². The molecule has 3 N–H and O–H groups in total. The molecule has 0 aliphatic rings. The van der Waals surface area contributed by atoms with E-state index >= 15 is 0 Å². The van der Waals surface area contributed by atoms with E-state index in [2.05, 4.69) is 30.0 Å². The second-order valence-corrected chi connectivity index (χ2v) is 6.36. The van der Waals surface area contributed by atoms with Crippen LogP contribution in [-0.4, -0.2) is 17.6 Å². The lowest BCUT2D eigenvalue weighted by molar-refractivity contribution is 0.0944. The second kappa shape index (κ2) is 9.64. The molecule has 0 heterocycles. The van der Waals surface area contributed by atoms with Crippen LogP contribution < -0.4 is 20.9 Å². The summed E-state index contributed by atoms with van der Waals surface area (Å²) in [5, 5.41) is 3.29. The summed E-state index contributed by atoms with van der Waals surface area (Å²) < 4.78 is 5.64. The smallest absolute Gasteiger partial charge is 0.269 e. The molecule has 0 radical (unpaired) electrons. The number of carbonyl (C=O) groups is 1. The van der Waals surface area contributed by atoms with Crippen LogP contribution in [0.25, 0.3) is 0 Å². The van der Waals surface area contributed by atoms with Gasteiger partial charge in [-0.1, -0.05) is 32.0 Å². The van der Waals surface area contributed by atoms with Crippen molar-refractivity contribution in [2.24, 2.45) is 5.92 Å². The summed E-state index contributed by atoms with van der Waals surface area (Å²) in [6.45, 7) is 4.98. The van der Waals surface area contributed by atoms with E-state index in [1.807, 2.05) is 30.3 Å². The zero-order valence-corrected chi connectivity index (χ0v) is 15.2. The van der Waals surface area contributed by atoms with E-state index in [9.17, 15) is 4.79 Å². The Balaban J connectivity index is 1.77. The number of benzene rings is 2. The molecular formula is C19H23N3O2S. The molecule has 6 heteroatoms. The van der Waals surface area contributed by atoms with Crippen molar-refractivity contribution in [1.82, 2.24) is 10.9 Å². The Morgan fingerprint density at radius 2 is 1.72 bits per heavy atom. The van der Waals surface area contributed by atoms with Gasteiger partial charge in [0.25, 0.3) is 5.91 Å². The number of hydrogen-bond acceptors (Lipinski definition) is 3. The van der Waals surface area contributed by atoms with E-state index in [1.54, 1.807) is 24.3 Å². The molecule has 25 heavy (non-hydrogen) atoms. The summed E-state index contributed by atoms with van der Waals surface area (Å²) in [6, 6.07) is 16.5. The van der Waals surface area contributed by atoms with E-state index in [1.165, 1.54) is 0 Å². The molecule has 2 rings (SSSR count). The fraction of sp³-hybridized carbons (Fsp3) is 0.263. The lowest BCUT2D eigenvalue weighted by Gasteiger charge is -2.12. The highest BCUT2D eigenvalue weighted by molar-refractivity contribution is 7.80. The Labute approximate surface area is 153 Å². The SMILES string of the molecule is CC(C)CCOc1ccc(C(=O)NNC(=S)Nc2ccccc2)cc1. The zero-order valence-electron chi connectivity index (χ0n) is 14.4. The van der Waals surface area contributed by atoms with Gasteiger partial charge in [-0.15, -0.1) is 0 Å². The number of rotatable bonds is 6. The number of thiocarbonyl (C=S) groups is 1. The maximum absolute atomic E-state index is 12.1. The number of anilines is 1. The van der Waals surface area contributed by atoms with Crippen LogP contribution in [-0.2, 0) is 0 Å². The van der Waals surface area contributed by atoms with E-state index in [0.29, 0.717) is 23.2 Å². The molecule has 0 unspecified atom stereocenters. The third-order valence-electron chi connectivity index (χ3n) is 3.40. The van der Waals surface area contributed by atoms with Gasteiger partial charge in [-0.3, -0.25) is 15.6 Å². The predicted octanol–water partition coefficient (Wildman–Crippen LogP) is 3.74. The van der Waals surface area contributed by atoms with E-state index < -0.39 is 0 Å². The summed E-state index contributed by atoms with van der Waals surface area (Å²) in [4.78, 5) is 12.1. The van der Waals surface area contributed by atoms with Gasteiger partial charge in [0.15, 0.2) is 5.11 Å². The number of hydrogen-bond donors (Lipinski definition) is 3. The zero-order chi connectivity index (χ0) is 18.1. The van der Waals surface area contributed by atoms with Gasteiger partial charge in [-0.25, -0.2) is 0 Å². The number of carbonyl (C=O) groups excluding carboxylic acids is 1. The predicted molar refractivity (Wildman–Crippen MR) is 105 cm³/mol. The van der Waals surface area contributed by atoms with Gasteiger partial charge in [0, 0.05) is 11.3 Å². The lowest BCUT2D eigenvalue weighted by atomic mass is 10.1. The van der Waals surface area contributed by atoms with Crippen LogP contribution >= 0.6 is 12.2 Å². The van der Waals surface area contributed by atoms with Crippen molar-refractivity contribution < 1.29 is 9.53 Å². The van der Waals surface area contributed by atoms with Crippen molar-refractivity contribution in [2.75, 3.05) is 11.9 Å². The minimum Gasteiger partial charge on any atom is -0.494 e. The van der Waals surface area contributed by atoms with Crippen molar-refractivity contribution in [3.63, 3.8) is 0 Å². The minimum atomic E-state index is -0.272. The topological polar surface area (TPSA) is 62.4 Å². The van der Waals surface area contributed by atoms with E-state index in [0.717, 1.165) is 17.9 Å². The molecule has 0 saturated carbocycles. The third-order valence-corrected chi connectivity index (χ3v) is 3.61. The largest absolute Gasteiger partial charge is 0.494 e. The minimum absolute atomic E-state index is 0.272. The van der Waals surface area contributed by atoms with Crippen molar-refractivity contribution in [2.45, 2.75) is 20.3 Å². The van der Waals surface area contributed by atoms with Gasteiger partial charge in [-0.05, 0) is 61.0 Å². The normalized spacial score (nSPS) is 10.2. The fourth-order valence-electron chi connectivity index (χ4n) is 1.98. The average molecular weight is 357 g/mol. The van der Waals surface area contributed by atoms with Crippen LogP contribution in [0.4, 0.5) is 5.69 Å². The molecule has 0 atom stereocenters. The third kappa shape index (κ3) is 6.81. The molecule has 0 aliphatic heterocycles. The van der Waals surface area contributed by atoms with Gasteiger partial charge in [0.05, 0.1) is 6.61 Å². The van der Waals surface area contributed by atoms with Crippen LogP contribution in [0.15, 0.2) is 54.6 Å². The van der Waals surface area contributed by atoms with Crippen molar-refractivity contribution in [3.05, 3.63) is 60.2 Å². The first-order valence-corrected chi connectivity index (χ1v) is 8.60.